The second kappa shape index (κ2) is 8.50. The van der Waals surface area contributed by atoms with Crippen molar-refractivity contribution in [2.45, 2.75) is 20.4 Å². The molecular formula is C13H18N8O5S. The summed E-state index contributed by atoms with van der Waals surface area (Å²) in [6, 6.07) is 0.412. The molecule has 0 fully saturated rings. The third-order valence-corrected chi connectivity index (χ3v) is 3.84. The van der Waals surface area contributed by atoms with Crippen LogP contribution in [0.25, 0.3) is 0 Å². The Bertz CT molecular complexity index is 894. The summed E-state index contributed by atoms with van der Waals surface area (Å²) in [4.78, 5) is 31.3. The van der Waals surface area contributed by atoms with E-state index >= 15 is 0 Å². The number of rotatable bonds is 7. The lowest BCUT2D eigenvalue weighted by atomic mass is 10.3. The Hall–Kier alpha value is -3.13. The largest absolute Gasteiger partial charge is 0.467 e. The average Bonchev–Trinajstić information content (AvgIpc) is 2.58. The molecule has 0 saturated carbocycles. The number of methoxy groups -OCH3 is 2. The maximum atomic E-state index is 12.0. The zero-order chi connectivity index (χ0) is 20.0. The van der Waals surface area contributed by atoms with Crippen molar-refractivity contribution in [3.8, 4) is 12.0 Å². The maximum Gasteiger partial charge on any atom is 0.336 e. The van der Waals surface area contributed by atoms with Crippen LogP contribution in [0.5, 0.6) is 12.0 Å². The first-order valence-electron chi connectivity index (χ1n) is 7.44. The number of hydrogen-bond donors (Lipinski definition) is 3. The number of nitrogens with one attached hydrogen (secondary N) is 3. The number of amides is 2. The molecule has 0 aliphatic rings. The minimum Gasteiger partial charge on any atom is -0.467 e. The molecule has 27 heavy (non-hydrogen) atoms. The number of ether oxygens (including phenoxy) is 2. The first kappa shape index (κ1) is 20.2. The Morgan fingerprint density at radius 2 is 1.56 bits per heavy atom. The van der Waals surface area contributed by atoms with Crippen LogP contribution in [-0.4, -0.2) is 53.6 Å². The van der Waals surface area contributed by atoms with Crippen LogP contribution in [0.3, 0.4) is 0 Å². The fourth-order valence-electron chi connectivity index (χ4n) is 1.90. The SMILES string of the molecule is COc1nc(NC(=O)NS(=O)(=O)NCc2nc(C)cc(C)n2)nc(OC)n1. The fraction of sp³-hybridized carbons (Fsp3) is 0.385. The Morgan fingerprint density at radius 3 is 2.07 bits per heavy atom. The van der Waals surface area contributed by atoms with Crippen molar-refractivity contribution < 1.29 is 22.7 Å². The highest BCUT2D eigenvalue weighted by molar-refractivity contribution is 7.88. The summed E-state index contributed by atoms with van der Waals surface area (Å²) in [5, 5.41) is 2.14. The number of carbonyl (C=O) groups is 1. The van der Waals surface area contributed by atoms with Crippen molar-refractivity contribution in [3.63, 3.8) is 0 Å². The Kier molecular flexibility index (Phi) is 6.36. The first-order valence-corrected chi connectivity index (χ1v) is 8.92. The molecule has 2 rings (SSSR count). The number of anilines is 1. The van der Waals surface area contributed by atoms with E-state index in [9.17, 15) is 13.2 Å². The standard InChI is InChI=1S/C13H18N8O5S/c1-7-5-8(2)16-9(15-7)6-14-27(23,24)21-11(22)17-10-18-12(25-3)20-13(19-10)26-4/h5,14H,6H2,1-4H3,(H2,17,18,19,20,21,22). The van der Waals surface area contributed by atoms with Gasteiger partial charge in [-0.3, -0.25) is 5.32 Å². The van der Waals surface area contributed by atoms with Gasteiger partial charge in [-0.1, -0.05) is 0 Å². The Morgan fingerprint density at radius 1 is 1.00 bits per heavy atom. The van der Waals surface area contributed by atoms with Crippen molar-refractivity contribution in [2.75, 3.05) is 19.5 Å². The van der Waals surface area contributed by atoms with E-state index in [-0.39, 0.29) is 30.3 Å². The van der Waals surface area contributed by atoms with Crippen LogP contribution in [0.15, 0.2) is 6.07 Å². The van der Waals surface area contributed by atoms with Crippen LogP contribution in [0.2, 0.25) is 0 Å². The predicted molar refractivity (Wildman–Crippen MR) is 92.4 cm³/mol. The normalized spacial score (nSPS) is 11.0. The summed E-state index contributed by atoms with van der Waals surface area (Å²) >= 11 is 0. The monoisotopic (exact) mass is 398 g/mol. The van der Waals surface area contributed by atoms with Crippen molar-refractivity contribution >= 4 is 22.2 Å². The van der Waals surface area contributed by atoms with Gasteiger partial charge >= 0.3 is 28.3 Å². The van der Waals surface area contributed by atoms with Gasteiger partial charge in [0.25, 0.3) is 0 Å². The third kappa shape index (κ3) is 6.27. The van der Waals surface area contributed by atoms with Gasteiger partial charge in [0, 0.05) is 11.4 Å². The van der Waals surface area contributed by atoms with Crippen LogP contribution in [0.1, 0.15) is 17.2 Å². The number of aryl methyl sites for hydroxylation is 2. The van der Waals surface area contributed by atoms with Gasteiger partial charge in [0.2, 0.25) is 5.95 Å². The number of carbonyl (C=O) groups excluding carboxylic acids is 1. The molecule has 2 aromatic heterocycles. The van der Waals surface area contributed by atoms with E-state index in [0.29, 0.717) is 11.4 Å². The molecule has 146 valence electrons. The number of aromatic nitrogens is 5. The van der Waals surface area contributed by atoms with E-state index in [1.807, 2.05) is 0 Å². The van der Waals surface area contributed by atoms with Crippen LogP contribution >= 0.6 is 0 Å². The highest BCUT2D eigenvalue weighted by Crippen LogP contribution is 2.11. The summed E-state index contributed by atoms with van der Waals surface area (Å²) in [5.41, 5.74) is 1.39. The number of urea groups is 1. The zero-order valence-corrected chi connectivity index (χ0v) is 15.8. The molecule has 0 aliphatic heterocycles. The summed E-state index contributed by atoms with van der Waals surface area (Å²) in [6.45, 7) is 3.32. The van der Waals surface area contributed by atoms with Crippen molar-refractivity contribution in [2.24, 2.45) is 0 Å². The lowest BCUT2D eigenvalue weighted by Crippen LogP contribution is -2.42. The van der Waals surface area contributed by atoms with E-state index in [1.54, 1.807) is 24.6 Å². The molecular weight excluding hydrogens is 380 g/mol. The first-order chi connectivity index (χ1) is 12.7. The van der Waals surface area contributed by atoms with E-state index in [0.717, 1.165) is 0 Å². The predicted octanol–water partition coefficient (Wildman–Crippen LogP) is -0.548. The minimum absolute atomic E-state index is 0.120. The molecule has 13 nitrogen and oxygen atoms in total. The van der Waals surface area contributed by atoms with E-state index in [2.05, 4.69) is 35.0 Å². The Balaban J connectivity index is 1.99. The van der Waals surface area contributed by atoms with Gasteiger partial charge in [0.05, 0.1) is 20.8 Å². The van der Waals surface area contributed by atoms with Gasteiger partial charge in [-0.15, -0.1) is 4.98 Å². The Labute approximate surface area is 155 Å². The van der Waals surface area contributed by atoms with Crippen LogP contribution in [-0.2, 0) is 16.8 Å². The second-order valence-corrected chi connectivity index (χ2v) is 6.58. The van der Waals surface area contributed by atoms with Crippen molar-refractivity contribution in [1.29, 1.82) is 0 Å². The molecule has 0 bridgehead atoms. The summed E-state index contributed by atoms with van der Waals surface area (Å²) < 4.78 is 37.5. The molecule has 0 spiro atoms. The maximum absolute atomic E-state index is 12.0. The molecule has 2 heterocycles. The molecule has 0 radical (unpaired) electrons. The van der Waals surface area contributed by atoms with Gasteiger partial charge in [-0.25, -0.2) is 19.5 Å². The molecule has 0 atom stereocenters. The second-order valence-electron chi connectivity index (χ2n) is 5.08. The smallest absolute Gasteiger partial charge is 0.336 e. The van der Waals surface area contributed by atoms with Crippen LogP contribution < -0.4 is 24.2 Å². The lowest BCUT2D eigenvalue weighted by Gasteiger charge is -2.10. The summed E-state index contributed by atoms with van der Waals surface area (Å²) in [6.07, 6.45) is 0. The molecule has 0 aromatic carbocycles. The van der Waals surface area contributed by atoms with E-state index in [1.165, 1.54) is 14.2 Å². The third-order valence-electron chi connectivity index (χ3n) is 2.86. The molecule has 2 aromatic rings. The van der Waals surface area contributed by atoms with Crippen molar-refractivity contribution in [3.05, 3.63) is 23.3 Å². The van der Waals surface area contributed by atoms with Crippen molar-refractivity contribution in [1.82, 2.24) is 34.4 Å². The van der Waals surface area contributed by atoms with E-state index < -0.39 is 16.2 Å². The topological polar surface area (TPSA) is 170 Å². The number of hydrogen-bond acceptors (Lipinski definition) is 10. The van der Waals surface area contributed by atoms with Crippen LogP contribution in [0, 0.1) is 13.8 Å². The fourth-order valence-corrected chi connectivity index (χ4v) is 2.59. The highest BCUT2D eigenvalue weighted by atomic mass is 32.2. The van der Waals surface area contributed by atoms with Gasteiger partial charge in [0.1, 0.15) is 5.82 Å². The zero-order valence-electron chi connectivity index (χ0n) is 15.0. The van der Waals surface area contributed by atoms with E-state index in [4.69, 9.17) is 9.47 Å². The quantitative estimate of drug-likeness (QED) is 0.550. The number of nitrogens with zero attached hydrogens (tertiary/aromatic N) is 5. The van der Waals surface area contributed by atoms with Gasteiger partial charge in [-0.2, -0.15) is 23.1 Å². The molecule has 0 aliphatic carbocycles. The highest BCUT2D eigenvalue weighted by Gasteiger charge is 2.17. The lowest BCUT2D eigenvalue weighted by molar-refractivity contribution is 0.256. The van der Waals surface area contributed by atoms with Gasteiger partial charge in [-0.05, 0) is 19.9 Å². The van der Waals surface area contributed by atoms with Crippen LogP contribution in [0.4, 0.5) is 10.7 Å². The molecule has 0 saturated heterocycles. The average molecular weight is 398 g/mol. The summed E-state index contributed by atoms with van der Waals surface area (Å²) in [5.74, 6) is 0.00858. The summed E-state index contributed by atoms with van der Waals surface area (Å²) in [7, 11) is -1.57. The van der Waals surface area contributed by atoms with Gasteiger partial charge in [0.15, 0.2) is 0 Å². The molecule has 14 heteroatoms. The molecule has 2 amide bonds. The molecule has 3 N–H and O–H groups in total. The minimum atomic E-state index is -4.18. The molecule has 0 unspecified atom stereocenters. The van der Waals surface area contributed by atoms with Gasteiger partial charge < -0.3 is 9.47 Å².